The molecule has 0 spiro atoms. The topological polar surface area (TPSA) is 29.1 Å². The van der Waals surface area contributed by atoms with Gasteiger partial charge in [-0.15, -0.1) is 6.58 Å². The Morgan fingerprint density at radius 3 is 2.43 bits per heavy atom. The van der Waals surface area contributed by atoms with Gasteiger partial charge in [0.1, 0.15) is 0 Å². The van der Waals surface area contributed by atoms with Crippen molar-refractivity contribution in [2.45, 2.75) is 39.3 Å². The summed E-state index contributed by atoms with van der Waals surface area (Å²) in [6.45, 7) is 10.2. The molecule has 0 fully saturated rings. The average molecular weight is 217 g/mol. The van der Waals surface area contributed by atoms with Crippen LogP contribution in [0.5, 0.6) is 0 Å². The van der Waals surface area contributed by atoms with Gasteiger partial charge in [-0.05, 0) is 26.2 Å². The predicted octanol–water partition coefficient (Wildman–Crippen LogP) is 1.94. The third kappa shape index (κ3) is 6.33. The Hall–Kier alpha value is -0.150. The van der Waals surface area contributed by atoms with Gasteiger partial charge in [-0.1, -0.05) is 13.0 Å². The van der Waals surface area contributed by atoms with Gasteiger partial charge in [-0.3, -0.25) is 4.21 Å². The molecule has 0 aliphatic rings. The van der Waals surface area contributed by atoms with Crippen LogP contribution in [0.2, 0.25) is 0 Å². The molecule has 0 aliphatic heterocycles. The highest BCUT2D eigenvalue weighted by Crippen LogP contribution is 2.08. The van der Waals surface area contributed by atoms with Gasteiger partial charge in [-0.2, -0.15) is 0 Å². The summed E-state index contributed by atoms with van der Waals surface area (Å²) in [5.41, 5.74) is 0. The number of allylic oxidation sites excluding steroid dienone is 1. The molecule has 0 saturated carbocycles. The van der Waals surface area contributed by atoms with Crippen LogP contribution in [0.3, 0.4) is 0 Å². The molecular formula is C11H23NOS. The molecule has 4 atom stereocenters. The third-order valence-electron chi connectivity index (χ3n) is 2.42. The van der Waals surface area contributed by atoms with Gasteiger partial charge in [0.25, 0.3) is 0 Å². The molecule has 0 bridgehead atoms. The van der Waals surface area contributed by atoms with Gasteiger partial charge in [-0.25, -0.2) is 0 Å². The second-order valence-electron chi connectivity index (χ2n) is 4.10. The highest BCUT2D eigenvalue weighted by Gasteiger charge is 2.13. The van der Waals surface area contributed by atoms with E-state index in [0.29, 0.717) is 18.0 Å². The van der Waals surface area contributed by atoms with Gasteiger partial charge in [0.05, 0.1) is 0 Å². The number of nitrogens with one attached hydrogen (secondary N) is 1. The fourth-order valence-corrected chi connectivity index (χ4v) is 2.28. The lowest BCUT2D eigenvalue weighted by molar-refractivity contribution is 0.377. The molecule has 0 saturated heterocycles. The molecule has 1 N–H and O–H groups in total. The molecule has 14 heavy (non-hydrogen) atoms. The van der Waals surface area contributed by atoms with E-state index in [2.05, 4.69) is 32.7 Å². The minimum atomic E-state index is -0.712. The minimum Gasteiger partial charge on any atom is -0.311 e. The van der Waals surface area contributed by atoms with Crippen LogP contribution in [0, 0.1) is 5.92 Å². The zero-order valence-electron chi connectivity index (χ0n) is 9.75. The average Bonchev–Trinajstić information content (AvgIpc) is 2.02. The molecule has 0 amide bonds. The smallest absolute Gasteiger partial charge is 0.0383 e. The first-order chi connectivity index (χ1) is 6.47. The van der Waals surface area contributed by atoms with Crippen molar-refractivity contribution >= 4 is 10.8 Å². The summed E-state index contributed by atoms with van der Waals surface area (Å²) in [6.07, 6.45) is 4.72. The largest absolute Gasteiger partial charge is 0.311 e. The Labute approximate surface area is 90.6 Å². The summed E-state index contributed by atoms with van der Waals surface area (Å²) >= 11 is 0. The van der Waals surface area contributed by atoms with Crippen LogP contribution >= 0.6 is 0 Å². The van der Waals surface area contributed by atoms with E-state index < -0.39 is 10.8 Å². The summed E-state index contributed by atoms with van der Waals surface area (Å²) in [4.78, 5) is 0. The van der Waals surface area contributed by atoms with E-state index in [4.69, 9.17) is 0 Å². The zero-order valence-corrected chi connectivity index (χ0v) is 10.6. The molecule has 0 aromatic rings. The molecule has 0 rings (SSSR count). The van der Waals surface area contributed by atoms with Crippen LogP contribution in [0.25, 0.3) is 0 Å². The van der Waals surface area contributed by atoms with Crippen molar-refractivity contribution < 1.29 is 4.21 Å². The quantitative estimate of drug-likeness (QED) is 0.660. The molecule has 2 nitrogen and oxygen atoms in total. The monoisotopic (exact) mass is 217 g/mol. The summed E-state index contributed by atoms with van der Waals surface area (Å²) in [6, 6.07) is 0.773. The molecule has 0 aromatic carbocycles. The van der Waals surface area contributed by atoms with E-state index in [0.717, 1.165) is 12.2 Å². The standard InChI is InChI=1S/C11H23NOS/c1-6-7-9(2)11(4)12-10(3)8-14(5)13/h6,9-12H,1,7-8H2,2-5H3. The molecule has 0 heterocycles. The Balaban J connectivity index is 3.85. The highest BCUT2D eigenvalue weighted by molar-refractivity contribution is 7.84. The Morgan fingerprint density at radius 2 is 2.00 bits per heavy atom. The van der Waals surface area contributed by atoms with Gasteiger partial charge < -0.3 is 5.32 Å². The second kappa shape index (κ2) is 7.18. The number of rotatable bonds is 7. The van der Waals surface area contributed by atoms with Crippen molar-refractivity contribution in [3.63, 3.8) is 0 Å². The van der Waals surface area contributed by atoms with Gasteiger partial charge in [0.15, 0.2) is 0 Å². The van der Waals surface area contributed by atoms with Crippen molar-refractivity contribution in [2.24, 2.45) is 5.92 Å². The number of hydrogen-bond donors (Lipinski definition) is 1. The van der Waals surface area contributed by atoms with Gasteiger partial charge in [0, 0.05) is 34.9 Å². The fourth-order valence-electron chi connectivity index (χ4n) is 1.48. The number of hydrogen-bond acceptors (Lipinski definition) is 2. The lowest BCUT2D eigenvalue weighted by Crippen LogP contribution is -2.41. The van der Waals surface area contributed by atoms with E-state index in [1.54, 1.807) is 6.26 Å². The van der Waals surface area contributed by atoms with Crippen molar-refractivity contribution in [3.8, 4) is 0 Å². The van der Waals surface area contributed by atoms with Crippen LogP contribution in [-0.2, 0) is 10.8 Å². The SMILES string of the molecule is C=CCC(C)C(C)NC(C)CS(C)=O. The summed E-state index contributed by atoms with van der Waals surface area (Å²) in [5, 5.41) is 3.45. The molecule has 84 valence electrons. The maximum atomic E-state index is 11.0. The Bertz CT molecular complexity index is 194. The zero-order chi connectivity index (χ0) is 11.1. The van der Waals surface area contributed by atoms with Gasteiger partial charge in [0.2, 0.25) is 0 Å². The van der Waals surface area contributed by atoms with Crippen LogP contribution < -0.4 is 5.32 Å². The van der Waals surface area contributed by atoms with E-state index >= 15 is 0 Å². The Kier molecular flexibility index (Phi) is 7.11. The van der Waals surface area contributed by atoms with Crippen molar-refractivity contribution in [3.05, 3.63) is 12.7 Å². The minimum absolute atomic E-state index is 0.322. The summed E-state index contributed by atoms with van der Waals surface area (Å²) < 4.78 is 11.0. The first-order valence-corrected chi connectivity index (χ1v) is 6.87. The lowest BCUT2D eigenvalue weighted by Gasteiger charge is -2.24. The van der Waals surface area contributed by atoms with E-state index in [1.807, 2.05) is 6.08 Å². The summed E-state index contributed by atoms with van der Waals surface area (Å²) in [5.74, 6) is 1.31. The lowest BCUT2D eigenvalue weighted by atomic mass is 9.99. The highest BCUT2D eigenvalue weighted by atomic mass is 32.2. The fraction of sp³-hybridized carbons (Fsp3) is 0.818. The van der Waals surface area contributed by atoms with Crippen LogP contribution in [0.4, 0.5) is 0 Å². The predicted molar refractivity (Wildman–Crippen MR) is 65.0 cm³/mol. The van der Waals surface area contributed by atoms with E-state index in [-0.39, 0.29) is 0 Å². The van der Waals surface area contributed by atoms with Crippen molar-refractivity contribution in [1.82, 2.24) is 5.32 Å². The Morgan fingerprint density at radius 1 is 1.43 bits per heavy atom. The second-order valence-corrected chi connectivity index (χ2v) is 5.58. The van der Waals surface area contributed by atoms with Crippen LogP contribution in [-0.4, -0.2) is 28.3 Å². The van der Waals surface area contributed by atoms with E-state index in [1.165, 1.54) is 0 Å². The van der Waals surface area contributed by atoms with Crippen LogP contribution in [0.15, 0.2) is 12.7 Å². The molecule has 3 heteroatoms. The maximum absolute atomic E-state index is 11.0. The molecule has 0 aliphatic carbocycles. The van der Waals surface area contributed by atoms with Crippen molar-refractivity contribution in [2.75, 3.05) is 12.0 Å². The molecule has 0 aromatic heterocycles. The van der Waals surface area contributed by atoms with E-state index in [9.17, 15) is 4.21 Å². The first kappa shape index (κ1) is 13.8. The summed E-state index contributed by atoms with van der Waals surface area (Å²) in [7, 11) is -0.712. The molecular weight excluding hydrogens is 194 g/mol. The van der Waals surface area contributed by atoms with Gasteiger partial charge >= 0.3 is 0 Å². The normalized spacial score (nSPS) is 19.7. The third-order valence-corrected chi connectivity index (χ3v) is 3.39. The molecule has 0 radical (unpaired) electrons. The van der Waals surface area contributed by atoms with Crippen molar-refractivity contribution in [1.29, 1.82) is 0 Å². The molecule has 4 unspecified atom stereocenters. The van der Waals surface area contributed by atoms with Crippen LogP contribution in [0.1, 0.15) is 27.2 Å². The first-order valence-electron chi connectivity index (χ1n) is 5.14. The maximum Gasteiger partial charge on any atom is 0.0383 e.